The van der Waals surface area contributed by atoms with Crippen LogP contribution < -0.4 is 10.6 Å². The van der Waals surface area contributed by atoms with Gasteiger partial charge in [0.25, 0.3) is 5.91 Å². The SMILES string of the molecule is CCC(C)(C)NC(=O)c1ccc(NCC2(CO)COC2)cc1. The molecule has 1 aromatic rings. The molecule has 1 heterocycles. The fourth-order valence-electron chi connectivity index (χ4n) is 2.14. The van der Waals surface area contributed by atoms with Gasteiger partial charge in [0.1, 0.15) is 0 Å². The standard InChI is InChI=1S/C17H26N2O3/c1-4-16(2,3)19-15(21)13-5-7-14(8-6-13)18-9-17(10-20)11-22-12-17/h5-8,18,20H,4,9-12H2,1-3H3,(H,19,21). The average molecular weight is 306 g/mol. The van der Waals surface area contributed by atoms with Crippen molar-refractivity contribution in [2.75, 3.05) is 31.7 Å². The number of anilines is 1. The number of carbonyl (C=O) groups is 1. The maximum absolute atomic E-state index is 12.2. The van der Waals surface area contributed by atoms with Crippen LogP contribution in [0.25, 0.3) is 0 Å². The molecule has 5 heteroatoms. The minimum atomic E-state index is -0.203. The predicted molar refractivity (Wildman–Crippen MR) is 87.1 cm³/mol. The molecule has 5 nitrogen and oxygen atoms in total. The molecule has 0 spiro atoms. The number of ether oxygens (including phenoxy) is 1. The lowest BCUT2D eigenvalue weighted by Crippen LogP contribution is -2.50. The predicted octanol–water partition coefficient (Wildman–Crippen LogP) is 2.03. The minimum Gasteiger partial charge on any atom is -0.396 e. The Kier molecular flexibility index (Phi) is 5.08. The van der Waals surface area contributed by atoms with Crippen LogP contribution in [-0.4, -0.2) is 42.9 Å². The first-order valence-corrected chi connectivity index (χ1v) is 7.75. The number of hydrogen-bond acceptors (Lipinski definition) is 4. The third-order valence-electron chi connectivity index (χ3n) is 4.30. The van der Waals surface area contributed by atoms with E-state index in [0.717, 1.165) is 12.1 Å². The summed E-state index contributed by atoms with van der Waals surface area (Å²) in [6.07, 6.45) is 0.879. The zero-order valence-electron chi connectivity index (χ0n) is 13.6. The maximum atomic E-state index is 12.2. The molecule has 1 saturated heterocycles. The highest BCUT2D eigenvalue weighted by Gasteiger charge is 2.37. The average Bonchev–Trinajstić information content (AvgIpc) is 2.47. The maximum Gasteiger partial charge on any atom is 0.251 e. The lowest BCUT2D eigenvalue weighted by Gasteiger charge is -2.40. The molecule has 0 unspecified atom stereocenters. The van der Waals surface area contributed by atoms with Crippen LogP contribution in [0.1, 0.15) is 37.6 Å². The van der Waals surface area contributed by atoms with Gasteiger partial charge < -0.3 is 20.5 Å². The summed E-state index contributed by atoms with van der Waals surface area (Å²) in [6, 6.07) is 7.40. The number of carbonyl (C=O) groups excluding carboxylic acids is 1. The van der Waals surface area contributed by atoms with Crippen LogP contribution in [0.5, 0.6) is 0 Å². The van der Waals surface area contributed by atoms with Gasteiger partial charge >= 0.3 is 0 Å². The fraction of sp³-hybridized carbons (Fsp3) is 0.588. The van der Waals surface area contributed by atoms with Gasteiger partial charge in [-0.15, -0.1) is 0 Å². The van der Waals surface area contributed by atoms with Crippen molar-refractivity contribution in [2.45, 2.75) is 32.7 Å². The summed E-state index contributed by atoms with van der Waals surface area (Å²) in [5, 5.41) is 15.7. The van der Waals surface area contributed by atoms with Crippen molar-refractivity contribution in [1.29, 1.82) is 0 Å². The summed E-state index contributed by atoms with van der Waals surface area (Å²) in [5.74, 6) is -0.0578. The van der Waals surface area contributed by atoms with Gasteiger partial charge in [0.2, 0.25) is 0 Å². The molecule has 0 radical (unpaired) electrons. The van der Waals surface area contributed by atoms with Gasteiger partial charge in [-0.1, -0.05) is 6.92 Å². The summed E-state index contributed by atoms with van der Waals surface area (Å²) in [7, 11) is 0. The molecular formula is C17H26N2O3. The van der Waals surface area contributed by atoms with E-state index in [1.807, 2.05) is 38.1 Å². The first-order chi connectivity index (χ1) is 10.4. The number of nitrogens with one attached hydrogen (secondary N) is 2. The van der Waals surface area contributed by atoms with Gasteiger partial charge in [0, 0.05) is 23.3 Å². The van der Waals surface area contributed by atoms with Crippen LogP contribution in [0.3, 0.4) is 0 Å². The number of rotatable bonds is 7. The summed E-state index contributed by atoms with van der Waals surface area (Å²) < 4.78 is 5.17. The van der Waals surface area contributed by atoms with Crippen LogP contribution in [0.4, 0.5) is 5.69 Å². The highest BCUT2D eigenvalue weighted by Crippen LogP contribution is 2.27. The molecule has 0 saturated carbocycles. The summed E-state index contributed by atoms with van der Waals surface area (Å²) >= 11 is 0. The third-order valence-corrected chi connectivity index (χ3v) is 4.30. The molecular weight excluding hydrogens is 280 g/mol. The lowest BCUT2D eigenvalue weighted by atomic mass is 9.87. The topological polar surface area (TPSA) is 70.6 Å². The normalized spacial score (nSPS) is 16.7. The van der Waals surface area contributed by atoms with Gasteiger partial charge in [0.15, 0.2) is 0 Å². The van der Waals surface area contributed by atoms with E-state index in [2.05, 4.69) is 17.6 Å². The number of aliphatic hydroxyl groups excluding tert-OH is 1. The van der Waals surface area contributed by atoms with Crippen molar-refractivity contribution in [2.24, 2.45) is 5.41 Å². The zero-order valence-corrected chi connectivity index (χ0v) is 13.6. The summed E-state index contributed by atoms with van der Waals surface area (Å²) in [4.78, 5) is 12.2. The van der Waals surface area contributed by atoms with Crippen LogP contribution >= 0.6 is 0 Å². The van der Waals surface area contributed by atoms with Crippen molar-refractivity contribution >= 4 is 11.6 Å². The molecule has 122 valence electrons. The Bertz CT molecular complexity index is 502. The highest BCUT2D eigenvalue weighted by atomic mass is 16.5. The van der Waals surface area contributed by atoms with E-state index in [-0.39, 0.29) is 23.5 Å². The van der Waals surface area contributed by atoms with Gasteiger partial charge in [-0.2, -0.15) is 0 Å². The van der Waals surface area contributed by atoms with Gasteiger partial charge in [-0.05, 0) is 44.5 Å². The Labute approximate surface area is 132 Å². The van der Waals surface area contributed by atoms with Crippen molar-refractivity contribution in [3.05, 3.63) is 29.8 Å². The van der Waals surface area contributed by atoms with Gasteiger partial charge in [0.05, 0.1) is 25.2 Å². The molecule has 2 rings (SSSR count). The largest absolute Gasteiger partial charge is 0.396 e. The van der Waals surface area contributed by atoms with E-state index in [1.165, 1.54) is 0 Å². The van der Waals surface area contributed by atoms with Crippen molar-refractivity contribution in [1.82, 2.24) is 5.32 Å². The Hall–Kier alpha value is -1.59. The van der Waals surface area contributed by atoms with Crippen molar-refractivity contribution < 1.29 is 14.6 Å². The van der Waals surface area contributed by atoms with Crippen LogP contribution in [0.2, 0.25) is 0 Å². The molecule has 1 aromatic carbocycles. The van der Waals surface area contributed by atoms with Gasteiger partial charge in [-0.3, -0.25) is 4.79 Å². The second-order valence-electron chi connectivity index (χ2n) is 6.77. The molecule has 22 heavy (non-hydrogen) atoms. The molecule has 3 N–H and O–H groups in total. The van der Waals surface area contributed by atoms with Crippen LogP contribution in [-0.2, 0) is 4.74 Å². The zero-order chi connectivity index (χ0) is 16.2. The Morgan fingerprint density at radius 1 is 1.32 bits per heavy atom. The van der Waals surface area contributed by atoms with Gasteiger partial charge in [-0.25, -0.2) is 0 Å². The Morgan fingerprint density at radius 2 is 1.95 bits per heavy atom. The van der Waals surface area contributed by atoms with Crippen LogP contribution in [0, 0.1) is 5.41 Å². The Morgan fingerprint density at radius 3 is 2.41 bits per heavy atom. The van der Waals surface area contributed by atoms with Crippen molar-refractivity contribution in [3.63, 3.8) is 0 Å². The third kappa shape index (κ3) is 3.99. The minimum absolute atomic E-state index is 0.0578. The fourth-order valence-corrected chi connectivity index (χ4v) is 2.14. The molecule has 1 fully saturated rings. The summed E-state index contributed by atoms with van der Waals surface area (Å²) in [6.45, 7) is 8.02. The highest BCUT2D eigenvalue weighted by molar-refractivity contribution is 5.94. The van der Waals surface area contributed by atoms with E-state index < -0.39 is 0 Å². The van der Waals surface area contributed by atoms with E-state index in [4.69, 9.17) is 4.74 Å². The second-order valence-corrected chi connectivity index (χ2v) is 6.77. The number of hydrogen-bond donors (Lipinski definition) is 3. The Balaban J connectivity index is 1.91. The molecule has 0 bridgehead atoms. The number of benzene rings is 1. The first-order valence-electron chi connectivity index (χ1n) is 7.75. The molecule has 1 amide bonds. The molecule has 0 aliphatic carbocycles. The van der Waals surface area contributed by atoms with E-state index >= 15 is 0 Å². The smallest absolute Gasteiger partial charge is 0.251 e. The van der Waals surface area contributed by atoms with Crippen molar-refractivity contribution in [3.8, 4) is 0 Å². The monoisotopic (exact) mass is 306 g/mol. The molecule has 1 aliphatic heterocycles. The first kappa shape index (κ1) is 16.8. The number of amides is 1. The van der Waals surface area contributed by atoms with E-state index in [1.54, 1.807) is 0 Å². The quantitative estimate of drug-likeness (QED) is 0.721. The van der Waals surface area contributed by atoms with E-state index in [0.29, 0.717) is 25.3 Å². The molecule has 0 atom stereocenters. The molecule has 0 aromatic heterocycles. The summed E-state index contributed by atoms with van der Waals surface area (Å²) in [5.41, 5.74) is 1.22. The van der Waals surface area contributed by atoms with E-state index in [9.17, 15) is 9.90 Å². The lowest BCUT2D eigenvalue weighted by molar-refractivity contribution is -0.128. The molecule has 1 aliphatic rings. The number of aliphatic hydroxyl groups is 1. The second kappa shape index (κ2) is 6.67. The van der Waals surface area contributed by atoms with Crippen LogP contribution in [0.15, 0.2) is 24.3 Å².